The highest BCUT2D eigenvalue weighted by Crippen LogP contribution is 2.24. The number of aromatic nitrogens is 2. The third kappa shape index (κ3) is 3.54. The number of carbonyl (C=O) groups is 1. The average Bonchev–Trinajstić information content (AvgIpc) is 2.97. The second-order valence-electron chi connectivity index (χ2n) is 4.24. The van der Waals surface area contributed by atoms with Gasteiger partial charge in [-0.3, -0.25) is 4.98 Å². The van der Waals surface area contributed by atoms with Crippen LogP contribution < -0.4 is 0 Å². The van der Waals surface area contributed by atoms with Crippen molar-refractivity contribution >= 4 is 28.6 Å². The van der Waals surface area contributed by atoms with Gasteiger partial charge in [0.05, 0.1) is 0 Å². The van der Waals surface area contributed by atoms with Crippen molar-refractivity contribution < 1.29 is 4.79 Å². The molecule has 0 saturated carbocycles. The molecule has 2 aromatic heterocycles. The summed E-state index contributed by atoms with van der Waals surface area (Å²) < 4.78 is 0. The zero-order valence-corrected chi connectivity index (χ0v) is 11.6. The summed E-state index contributed by atoms with van der Waals surface area (Å²) in [4.78, 5) is 15.2. The molecule has 0 unspecified atom stereocenters. The van der Waals surface area contributed by atoms with Crippen LogP contribution in [0.5, 0.6) is 0 Å². The summed E-state index contributed by atoms with van der Waals surface area (Å²) in [5.74, 6) is 0. The normalized spacial score (nSPS) is 9.33. The number of nitrogens with zero attached hydrogens (tertiary/aromatic N) is 1. The van der Waals surface area contributed by atoms with E-state index in [1.54, 1.807) is 12.4 Å². The molecular formula is C18H16N2O. The first kappa shape index (κ1) is 14.5. The van der Waals surface area contributed by atoms with Gasteiger partial charge in [-0.05, 0) is 24.3 Å². The molecule has 3 heteroatoms. The predicted octanol–water partition coefficient (Wildman–Crippen LogP) is 4.22. The number of hydrogen-bond donors (Lipinski definition) is 1. The summed E-state index contributed by atoms with van der Waals surface area (Å²) in [7, 11) is 0. The third-order valence-corrected chi connectivity index (χ3v) is 2.98. The number of pyridine rings is 1. The first-order valence-corrected chi connectivity index (χ1v) is 6.54. The lowest BCUT2D eigenvalue weighted by Gasteiger charge is -1.87. The number of carbonyl (C=O) groups excluding carboxylic acids is 1. The van der Waals surface area contributed by atoms with Gasteiger partial charge in [0.15, 0.2) is 0 Å². The molecule has 3 nitrogen and oxygen atoms in total. The molecule has 2 aromatic carbocycles. The van der Waals surface area contributed by atoms with Gasteiger partial charge in [-0.2, -0.15) is 0 Å². The van der Waals surface area contributed by atoms with E-state index in [1.807, 2.05) is 25.0 Å². The Balaban J connectivity index is 0.000000171. The van der Waals surface area contributed by atoms with E-state index in [-0.39, 0.29) is 0 Å². The van der Waals surface area contributed by atoms with Crippen molar-refractivity contribution in [2.24, 2.45) is 0 Å². The number of rotatable bonds is 0. The summed E-state index contributed by atoms with van der Waals surface area (Å²) in [6.07, 6.45) is 3.50. The molecule has 0 radical (unpaired) electrons. The molecule has 0 aliphatic carbocycles. The molecule has 4 aromatic rings. The Morgan fingerprint density at radius 2 is 1.14 bits per heavy atom. The lowest BCUT2D eigenvalue weighted by Crippen LogP contribution is -1.62. The molecule has 104 valence electrons. The van der Waals surface area contributed by atoms with Crippen molar-refractivity contribution in [1.29, 1.82) is 0 Å². The van der Waals surface area contributed by atoms with Gasteiger partial charge in [-0.15, -0.1) is 0 Å². The topological polar surface area (TPSA) is 45.8 Å². The molecule has 4 rings (SSSR count). The zero-order chi connectivity index (χ0) is 14.9. The van der Waals surface area contributed by atoms with Gasteiger partial charge in [0.2, 0.25) is 0 Å². The van der Waals surface area contributed by atoms with Crippen LogP contribution in [0.4, 0.5) is 0 Å². The molecule has 0 aliphatic rings. The number of H-pyrrole nitrogens is 1. The van der Waals surface area contributed by atoms with Crippen LogP contribution >= 0.6 is 0 Å². The van der Waals surface area contributed by atoms with Crippen molar-refractivity contribution in [2.45, 2.75) is 0 Å². The molecule has 0 saturated heterocycles. The standard InChI is InChI=1S/C12H9N.C5H5N.CH2O/c1-3-7-11-9(5-1)10-6-2-4-8-12(10)13-11;1-2-4-6-5-3-1;1-2/h1-8,13H;1-5H;1H2. The van der Waals surface area contributed by atoms with Crippen LogP contribution in [0.1, 0.15) is 0 Å². The second kappa shape index (κ2) is 7.60. The average molecular weight is 276 g/mol. The Morgan fingerprint density at radius 1 is 0.667 bits per heavy atom. The van der Waals surface area contributed by atoms with E-state index in [9.17, 15) is 0 Å². The van der Waals surface area contributed by atoms with Gasteiger partial charge >= 0.3 is 0 Å². The minimum absolute atomic E-state index is 1.21. The van der Waals surface area contributed by atoms with Gasteiger partial charge < -0.3 is 9.78 Å². The van der Waals surface area contributed by atoms with Crippen LogP contribution in [0, 0.1) is 0 Å². The summed E-state index contributed by atoms with van der Waals surface area (Å²) in [5.41, 5.74) is 2.42. The molecule has 0 atom stereocenters. The largest absolute Gasteiger partial charge is 0.355 e. The number of para-hydroxylation sites is 2. The fourth-order valence-electron chi connectivity index (χ4n) is 2.11. The SMILES string of the molecule is C=O.c1ccc2c(c1)[nH]c1ccccc12.c1ccncc1. The predicted molar refractivity (Wildman–Crippen MR) is 87.2 cm³/mol. The van der Waals surface area contributed by atoms with Crippen LogP contribution in [0.15, 0.2) is 79.1 Å². The number of nitrogens with one attached hydrogen (secondary N) is 1. The van der Waals surface area contributed by atoms with Crippen molar-refractivity contribution in [1.82, 2.24) is 9.97 Å². The lowest BCUT2D eigenvalue weighted by molar-refractivity contribution is -0.0979. The Kier molecular flexibility index (Phi) is 5.24. The maximum Gasteiger partial charge on any atom is 0.106 e. The summed E-state index contributed by atoms with van der Waals surface area (Å²) in [6.45, 7) is 2.00. The Hall–Kier alpha value is -2.94. The highest BCUT2D eigenvalue weighted by atomic mass is 16.1. The van der Waals surface area contributed by atoms with Gasteiger partial charge in [-0.1, -0.05) is 42.5 Å². The maximum absolute atomic E-state index is 8.00. The molecule has 0 fully saturated rings. The van der Waals surface area contributed by atoms with Gasteiger partial charge in [-0.25, -0.2) is 0 Å². The van der Waals surface area contributed by atoms with Crippen LogP contribution in [0.2, 0.25) is 0 Å². The summed E-state index contributed by atoms with van der Waals surface area (Å²) in [5, 5.41) is 2.61. The summed E-state index contributed by atoms with van der Waals surface area (Å²) >= 11 is 0. The zero-order valence-electron chi connectivity index (χ0n) is 11.6. The molecule has 0 amide bonds. The van der Waals surface area contributed by atoms with Crippen molar-refractivity contribution in [3.8, 4) is 0 Å². The highest BCUT2D eigenvalue weighted by Gasteiger charge is 2.00. The first-order chi connectivity index (χ1) is 10.4. The fourth-order valence-corrected chi connectivity index (χ4v) is 2.11. The van der Waals surface area contributed by atoms with Crippen molar-refractivity contribution in [2.75, 3.05) is 0 Å². The van der Waals surface area contributed by atoms with Gasteiger partial charge in [0, 0.05) is 34.2 Å². The highest BCUT2D eigenvalue weighted by molar-refractivity contribution is 6.06. The Morgan fingerprint density at radius 3 is 1.52 bits per heavy atom. The van der Waals surface area contributed by atoms with E-state index in [0.717, 1.165) is 0 Å². The van der Waals surface area contributed by atoms with Gasteiger partial charge in [0.25, 0.3) is 0 Å². The van der Waals surface area contributed by atoms with Crippen LogP contribution in [0.25, 0.3) is 21.8 Å². The van der Waals surface area contributed by atoms with Crippen molar-refractivity contribution in [3.63, 3.8) is 0 Å². The van der Waals surface area contributed by atoms with E-state index in [0.29, 0.717) is 0 Å². The molecular weight excluding hydrogens is 260 g/mol. The fraction of sp³-hybridized carbons (Fsp3) is 0. The second-order valence-corrected chi connectivity index (χ2v) is 4.24. The van der Waals surface area contributed by atoms with Crippen molar-refractivity contribution in [3.05, 3.63) is 79.1 Å². The van der Waals surface area contributed by atoms with E-state index in [4.69, 9.17) is 4.79 Å². The molecule has 0 bridgehead atoms. The third-order valence-electron chi connectivity index (χ3n) is 2.98. The molecule has 21 heavy (non-hydrogen) atoms. The lowest BCUT2D eigenvalue weighted by atomic mass is 10.2. The number of aromatic amines is 1. The molecule has 2 heterocycles. The van der Waals surface area contributed by atoms with E-state index < -0.39 is 0 Å². The minimum atomic E-state index is 1.21. The summed E-state index contributed by atoms with van der Waals surface area (Å²) in [6, 6.07) is 22.5. The van der Waals surface area contributed by atoms with Crippen LogP contribution in [0.3, 0.4) is 0 Å². The Labute approximate surface area is 123 Å². The van der Waals surface area contributed by atoms with Gasteiger partial charge in [0.1, 0.15) is 6.79 Å². The van der Waals surface area contributed by atoms with Crippen LogP contribution in [-0.2, 0) is 4.79 Å². The van der Waals surface area contributed by atoms with E-state index in [1.165, 1.54) is 21.8 Å². The maximum atomic E-state index is 8.00. The quantitative estimate of drug-likeness (QED) is 0.522. The number of fused-ring (bicyclic) bond motifs is 3. The monoisotopic (exact) mass is 276 g/mol. The molecule has 0 aliphatic heterocycles. The molecule has 0 spiro atoms. The number of benzene rings is 2. The van der Waals surface area contributed by atoms with E-state index >= 15 is 0 Å². The molecule has 1 N–H and O–H groups in total. The number of hydrogen-bond acceptors (Lipinski definition) is 2. The first-order valence-electron chi connectivity index (χ1n) is 6.54. The van der Waals surface area contributed by atoms with Crippen LogP contribution in [-0.4, -0.2) is 16.8 Å². The minimum Gasteiger partial charge on any atom is -0.355 e. The smallest absolute Gasteiger partial charge is 0.106 e. The Bertz CT molecular complexity index is 717. The van der Waals surface area contributed by atoms with E-state index in [2.05, 4.69) is 58.5 Å².